The van der Waals surface area contributed by atoms with E-state index in [4.69, 9.17) is 4.74 Å². The fraction of sp³-hybridized carbons (Fsp3) is 0.526. The molecule has 9 nitrogen and oxygen atoms in total. The second-order valence-electron chi connectivity index (χ2n) is 7.11. The van der Waals surface area contributed by atoms with Gasteiger partial charge in [-0.1, -0.05) is 11.8 Å². The van der Waals surface area contributed by atoms with E-state index >= 15 is 0 Å². The van der Waals surface area contributed by atoms with Gasteiger partial charge in [0, 0.05) is 31.2 Å². The van der Waals surface area contributed by atoms with Gasteiger partial charge in [0.25, 0.3) is 0 Å². The topological polar surface area (TPSA) is 106 Å². The number of benzene rings is 1. The molecule has 1 fully saturated rings. The molecule has 30 heavy (non-hydrogen) atoms. The maximum atomic E-state index is 12.3. The van der Waals surface area contributed by atoms with E-state index in [-0.39, 0.29) is 17.6 Å². The molecule has 3 rings (SSSR count). The average molecular weight is 454 g/mol. The quantitative estimate of drug-likeness (QED) is 0.611. The number of sulfonamides is 1. The predicted octanol–water partition coefficient (Wildman–Crippen LogP) is 2.18. The van der Waals surface area contributed by atoms with Crippen molar-refractivity contribution in [3.8, 4) is 5.75 Å². The third-order valence-corrected chi connectivity index (χ3v) is 7.22. The van der Waals surface area contributed by atoms with Crippen molar-refractivity contribution in [2.45, 2.75) is 37.4 Å². The first kappa shape index (κ1) is 22.6. The van der Waals surface area contributed by atoms with Gasteiger partial charge in [0.05, 0.1) is 19.1 Å². The highest BCUT2D eigenvalue weighted by Crippen LogP contribution is 2.29. The van der Waals surface area contributed by atoms with Crippen molar-refractivity contribution < 1.29 is 17.9 Å². The number of rotatable bonds is 8. The summed E-state index contributed by atoms with van der Waals surface area (Å²) < 4.78 is 32.4. The van der Waals surface area contributed by atoms with Crippen LogP contribution in [0, 0.1) is 0 Å². The summed E-state index contributed by atoms with van der Waals surface area (Å²) in [5.74, 6) is 1.57. The number of nitrogens with zero attached hydrogens (tertiary/aromatic N) is 4. The van der Waals surface area contributed by atoms with Gasteiger partial charge in [-0.3, -0.25) is 4.79 Å². The van der Waals surface area contributed by atoms with Gasteiger partial charge in [0.2, 0.25) is 15.9 Å². The fourth-order valence-corrected chi connectivity index (χ4v) is 5.18. The maximum absolute atomic E-state index is 12.3. The van der Waals surface area contributed by atoms with E-state index in [1.807, 2.05) is 11.5 Å². The molecule has 1 atom stereocenters. The van der Waals surface area contributed by atoms with Crippen molar-refractivity contribution in [3.05, 3.63) is 30.1 Å². The van der Waals surface area contributed by atoms with Crippen molar-refractivity contribution in [2.24, 2.45) is 0 Å². The normalized spacial score (nSPS) is 17.6. The van der Waals surface area contributed by atoms with Gasteiger partial charge in [-0.25, -0.2) is 12.7 Å². The molecule has 164 valence electrons. The molecule has 11 heteroatoms. The first-order valence-electron chi connectivity index (χ1n) is 9.76. The monoisotopic (exact) mass is 453 g/mol. The molecule has 1 aliphatic heterocycles. The number of ether oxygens (including phenoxy) is 1. The lowest BCUT2D eigenvalue weighted by Gasteiger charge is -2.30. The van der Waals surface area contributed by atoms with Crippen molar-refractivity contribution >= 4 is 33.4 Å². The Kier molecular flexibility index (Phi) is 7.37. The van der Waals surface area contributed by atoms with E-state index in [1.165, 1.54) is 22.3 Å². The van der Waals surface area contributed by atoms with Gasteiger partial charge < -0.3 is 14.6 Å². The number of carbonyl (C=O) groups excluding carboxylic acids is 1. The molecule has 0 spiro atoms. The SMILES string of the molecule is CCn1c(SCC(=O)Nc2ccc(OC)cc2)nnc1C1CCCN(S(C)(=O)=O)C1. The molecule has 0 saturated carbocycles. The molecule has 0 aliphatic carbocycles. The highest BCUT2D eigenvalue weighted by atomic mass is 32.2. The van der Waals surface area contributed by atoms with Crippen LogP contribution < -0.4 is 10.1 Å². The van der Waals surface area contributed by atoms with E-state index in [9.17, 15) is 13.2 Å². The van der Waals surface area contributed by atoms with E-state index in [0.29, 0.717) is 30.5 Å². The number of hydrogen-bond donors (Lipinski definition) is 1. The second kappa shape index (κ2) is 9.80. The summed E-state index contributed by atoms with van der Waals surface area (Å²) in [7, 11) is -1.63. The molecular formula is C19H27N5O4S2. The Bertz CT molecular complexity index is 975. The predicted molar refractivity (Wildman–Crippen MR) is 116 cm³/mol. The van der Waals surface area contributed by atoms with Crippen LogP contribution in [-0.2, 0) is 21.4 Å². The first-order chi connectivity index (χ1) is 14.3. The number of thioether (sulfide) groups is 1. The van der Waals surface area contributed by atoms with Crippen molar-refractivity contribution in [3.63, 3.8) is 0 Å². The average Bonchev–Trinajstić information content (AvgIpc) is 3.15. The van der Waals surface area contributed by atoms with Crippen molar-refractivity contribution in [1.29, 1.82) is 0 Å². The zero-order chi connectivity index (χ0) is 21.7. The number of carbonyl (C=O) groups is 1. The smallest absolute Gasteiger partial charge is 0.234 e. The van der Waals surface area contributed by atoms with Crippen LogP contribution in [0.5, 0.6) is 5.75 Å². The van der Waals surface area contributed by atoms with Crippen LogP contribution >= 0.6 is 11.8 Å². The lowest BCUT2D eigenvalue weighted by atomic mass is 9.99. The lowest BCUT2D eigenvalue weighted by molar-refractivity contribution is -0.113. The highest BCUT2D eigenvalue weighted by Gasteiger charge is 2.30. The minimum atomic E-state index is -3.23. The maximum Gasteiger partial charge on any atom is 0.234 e. The van der Waals surface area contributed by atoms with Crippen LogP contribution in [-0.4, -0.2) is 65.6 Å². The Labute approximate surface area is 181 Å². The van der Waals surface area contributed by atoms with E-state index in [1.54, 1.807) is 31.4 Å². The van der Waals surface area contributed by atoms with Crippen molar-refractivity contribution in [1.82, 2.24) is 19.1 Å². The molecule has 1 saturated heterocycles. The zero-order valence-corrected chi connectivity index (χ0v) is 19.0. The lowest BCUT2D eigenvalue weighted by Crippen LogP contribution is -2.39. The third-order valence-electron chi connectivity index (χ3n) is 4.99. The molecule has 0 radical (unpaired) electrons. The molecule has 1 N–H and O–H groups in total. The number of nitrogens with one attached hydrogen (secondary N) is 1. The summed E-state index contributed by atoms with van der Waals surface area (Å²) in [6.07, 6.45) is 2.90. The summed E-state index contributed by atoms with van der Waals surface area (Å²) >= 11 is 1.32. The molecule has 0 bridgehead atoms. The largest absolute Gasteiger partial charge is 0.497 e. The molecular weight excluding hydrogens is 426 g/mol. The standard InChI is InChI=1S/C19H27N5O4S2/c1-4-24-18(14-6-5-11-23(12-14)30(3,26)27)21-22-19(24)29-13-17(25)20-15-7-9-16(28-2)10-8-15/h7-10,14H,4-6,11-13H2,1-3H3,(H,20,25). The number of anilines is 1. The van der Waals surface area contributed by atoms with Gasteiger partial charge in [-0.05, 0) is 44.0 Å². The Morgan fingerprint density at radius 2 is 2.03 bits per heavy atom. The van der Waals surface area contributed by atoms with Gasteiger partial charge in [0.15, 0.2) is 5.16 Å². The summed E-state index contributed by atoms with van der Waals surface area (Å²) in [5.41, 5.74) is 0.696. The molecule has 1 aromatic heterocycles. The number of methoxy groups -OCH3 is 1. The van der Waals surface area contributed by atoms with Gasteiger partial charge in [0.1, 0.15) is 11.6 Å². The van der Waals surface area contributed by atoms with E-state index < -0.39 is 10.0 Å². The second-order valence-corrected chi connectivity index (χ2v) is 10.0. The molecule has 2 heterocycles. The molecule has 1 amide bonds. The summed E-state index contributed by atoms with van der Waals surface area (Å²) in [5, 5.41) is 12.1. The summed E-state index contributed by atoms with van der Waals surface area (Å²) in [6.45, 7) is 3.61. The summed E-state index contributed by atoms with van der Waals surface area (Å²) in [6, 6.07) is 7.13. The van der Waals surface area contributed by atoms with Crippen LogP contribution in [0.15, 0.2) is 29.4 Å². The Balaban J connectivity index is 1.63. The van der Waals surface area contributed by atoms with Gasteiger partial charge in [-0.2, -0.15) is 0 Å². The van der Waals surface area contributed by atoms with Crippen LogP contribution in [0.1, 0.15) is 31.5 Å². The van der Waals surface area contributed by atoms with Crippen LogP contribution in [0.4, 0.5) is 5.69 Å². The Hall–Kier alpha value is -2.11. The number of hydrogen-bond acceptors (Lipinski definition) is 7. The minimum Gasteiger partial charge on any atom is -0.497 e. The fourth-order valence-electron chi connectivity index (χ4n) is 3.46. The van der Waals surface area contributed by atoms with E-state index in [2.05, 4.69) is 15.5 Å². The van der Waals surface area contributed by atoms with Gasteiger partial charge >= 0.3 is 0 Å². The molecule has 2 aromatic rings. The summed E-state index contributed by atoms with van der Waals surface area (Å²) in [4.78, 5) is 12.3. The first-order valence-corrected chi connectivity index (χ1v) is 12.6. The molecule has 1 aromatic carbocycles. The number of aromatic nitrogens is 3. The van der Waals surface area contributed by atoms with E-state index in [0.717, 1.165) is 24.4 Å². The van der Waals surface area contributed by atoms with Gasteiger partial charge in [-0.15, -0.1) is 10.2 Å². The highest BCUT2D eigenvalue weighted by molar-refractivity contribution is 7.99. The molecule has 1 aliphatic rings. The minimum absolute atomic E-state index is 0.00315. The Morgan fingerprint density at radius 1 is 1.30 bits per heavy atom. The third kappa shape index (κ3) is 5.52. The Morgan fingerprint density at radius 3 is 2.67 bits per heavy atom. The number of amides is 1. The van der Waals surface area contributed by atoms with Crippen molar-refractivity contribution in [2.75, 3.05) is 37.5 Å². The van der Waals surface area contributed by atoms with Crippen LogP contribution in [0.3, 0.4) is 0 Å². The van der Waals surface area contributed by atoms with Crippen LogP contribution in [0.25, 0.3) is 0 Å². The zero-order valence-electron chi connectivity index (χ0n) is 17.4. The number of piperidine rings is 1. The van der Waals surface area contributed by atoms with Crippen LogP contribution in [0.2, 0.25) is 0 Å². The molecule has 1 unspecified atom stereocenters.